The van der Waals surface area contributed by atoms with Crippen LogP contribution in [0.3, 0.4) is 0 Å². The van der Waals surface area contributed by atoms with Crippen LogP contribution in [0.1, 0.15) is 26.3 Å². The largest absolute Gasteiger partial charge is 0.417 e. The molecule has 1 unspecified atom stereocenters. The summed E-state index contributed by atoms with van der Waals surface area (Å²) in [6, 6.07) is 9.90. The number of aliphatic imine (C=N–C) groups is 1. The monoisotopic (exact) mass is 462 g/mol. The fraction of sp³-hybridized carbons (Fsp3) is 0.375. The summed E-state index contributed by atoms with van der Waals surface area (Å²) >= 11 is 0. The highest BCUT2D eigenvalue weighted by molar-refractivity contribution is 6.08. The molecule has 1 fully saturated rings. The predicted molar refractivity (Wildman–Crippen MR) is 134 cm³/mol. The van der Waals surface area contributed by atoms with Gasteiger partial charge in [-0.2, -0.15) is 0 Å². The molecule has 0 amide bonds. The highest BCUT2D eigenvalue weighted by Gasteiger charge is 2.30. The number of benzene rings is 1. The summed E-state index contributed by atoms with van der Waals surface area (Å²) < 4.78 is 5.07. The Morgan fingerprint density at radius 1 is 1.18 bits per heavy atom. The third kappa shape index (κ3) is 4.29. The Labute approximate surface area is 197 Å². The second kappa shape index (κ2) is 8.62. The Balaban J connectivity index is 1.34. The molecule has 5 rings (SSSR count). The topological polar surface area (TPSA) is 128 Å². The van der Waals surface area contributed by atoms with E-state index in [-0.39, 0.29) is 0 Å². The second-order valence-electron chi connectivity index (χ2n) is 9.07. The summed E-state index contributed by atoms with van der Waals surface area (Å²) in [5, 5.41) is 6.49. The fourth-order valence-corrected chi connectivity index (χ4v) is 4.29. The number of fused-ring (bicyclic) bond motifs is 1. The number of aromatic amines is 1. The van der Waals surface area contributed by atoms with Crippen molar-refractivity contribution in [3.63, 3.8) is 0 Å². The van der Waals surface area contributed by atoms with Crippen LogP contribution in [0.2, 0.25) is 0 Å². The van der Waals surface area contributed by atoms with Crippen molar-refractivity contribution >= 4 is 28.4 Å². The first kappa shape index (κ1) is 22.2. The Hall–Kier alpha value is -3.63. The minimum absolute atomic E-state index is 0.485. The Morgan fingerprint density at radius 3 is 2.68 bits per heavy atom. The van der Waals surface area contributed by atoms with E-state index in [0.717, 1.165) is 48.8 Å². The molecular weight excluding hydrogens is 432 g/mol. The highest BCUT2D eigenvalue weighted by Crippen LogP contribution is 2.25. The zero-order chi connectivity index (χ0) is 23.9. The quantitative estimate of drug-likeness (QED) is 0.464. The lowest BCUT2D eigenvalue weighted by Crippen LogP contribution is -2.50. The lowest BCUT2D eigenvalue weighted by atomic mass is 10.1. The molecule has 10 heteroatoms. The fourth-order valence-electron chi connectivity index (χ4n) is 4.29. The molecule has 0 aliphatic carbocycles. The van der Waals surface area contributed by atoms with Crippen molar-refractivity contribution in [2.24, 2.45) is 10.7 Å². The van der Waals surface area contributed by atoms with Crippen molar-refractivity contribution in [3.8, 4) is 0 Å². The molecular formula is C24H30N8O2. The number of hydrogen-bond donors (Lipinski definition) is 4. The number of amidine groups is 1. The molecule has 10 nitrogen and oxygen atoms in total. The summed E-state index contributed by atoms with van der Waals surface area (Å²) in [6.45, 7) is 10.4. The van der Waals surface area contributed by atoms with E-state index in [2.05, 4.69) is 39.3 Å². The number of aromatic nitrogens is 2. The van der Waals surface area contributed by atoms with E-state index < -0.39 is 11.5 Å². The molecule has 1 aromatic carbocycles. The zero-order valence-corrected chi connectivity index (χ0v) is 19.6. The van der Waals surface area contributed by atoms with Crippen molar-refractivity contribution in [2.45, 2.75) is 32.6 Å². The number of H-pyrrole nitrogens is 1. The molecule has 0 saturated carbocycles. The van der Waals surface area contributed by atoms with Gasteiger partial charge >= 0.3 is 5.76 Å². The standard InChI is InChI=1S/C24H30N8O2/c1-15(2)31-8-10-32(11-9-31)21-7-4-17(14-26-21)24(25)27-13-16(3)22(30-24)28-18-5-6-20-19(12-18)29-23(33)34-20/h4-7,12-15,27H,8-11,25H2,1-3H3,(H,28,30)(H,29,33). The van der Waals surface area contributed by atoms with Crippen molar-refractivity contribution < 1.29 is 4.42 Å². The average Bonchev–Trinajstić information content (AvgIpc) is 3.21. The van der Waals surface area contributed by atoms with Gasteiger partial charge in [0.25, 0.3) is 0 Å². The second-order valence-corrected chi connectivity index (χ2v) is 9.07. The number of nitrogens with zero attached hydrogens (tertiary/aromatic N) is 4. The van der Waals surface area contributed by atoms with Crippen LogP contribution in [-0.2, 0) is 5.79 Å². The molecule has 0 radical (unpaired) electrons. The normalized spacial score (nSPS) is 21.4. The van der Waals surface area contributed by atoms with Crippen molar-refractivity contribution in [2.75, 3.05) is 36.4 Å². The van der Waals surface area contributed by atoms with Crippen LogP contribution in [0.4, 0.5) is 11.5 Å². The maximum Gasteiger partial charge on any atom is 0.417 e. The van der Waals surface area contributed by atoms with E-state index in [1.54, 1.807) is 18.3 Å². The van der Waals surface area contributed by atoms with Gasteiger partial charge in [0, 0.05) is 61.4 Å². The van der Waals surface area contributed by atoms with E-state index in [9.17, 15) is 4.79 Å². The molecule has 2 aromatic heterocycles. The molecule has 178 valence electrons. The van der Waals surface area contributed by atoms with Crippen LogP contribution in [0.25, 0.3) is 11.1 Å². The van der Waals surface area contributed by atoms with Gasteiger partial charge < -0.3 is 20.0 Å². The average molecular weight is 463 g/mol. The molecule has 0 bridgehead atoms. The van der Waals surface area contributed by atoms with Crippen LogP contribution < -0.4 is 27.0 Å². The van der Waals surface area contributed by atoms with Crippen molar-refractivity contribution in [1.29, 1.82) is 0 Å². The van der Waals surface area contributed by atoms with Crippen LogP contribution in [0.15, 0.2) is 62.5 Å². The molecule has 0 spiro atoms. The van der Waals surface area contributed by atoms with Gasteiger partial charge in [0.05, 0.1) is 5.52 Å². The number of rotatable bonds is 4. The number of nitrogens with one attached hydrogen (secondary N) is 3. The molecule has 4 heterocycles. The van der Waals surface area contributed by atoms with Crippen molar-refractivity contribution in [3.05, 3.63) is 64.4 Å². The van der Waals surface area contributed by atoms with E-state index >= 15 is 0 Å². The molecule has 3 aromatic rings. The first-order valence-corrected chi connectivity index (χ1v) is 11.5. The minimum Gasteiger partial charge on any atom is -0.408 e. The third-order valence-electron chi connectivity index (χ3n) is 6.41. The van der Waals surface area contributed by atoms with Crippen LogP contribution in [-0.4, -0.2) is 52.9 Å². The number of oxazole rings is 1. The first-order valence-electron chi connectivity index (χ1n) is 11.5. The van der Waals surface area contributed by atoms with Gasteiger partial charge in [-0.05, 0) is 51.1 Å². The number of anilines is 2. The summed E-state index contributed by atoms with van der Waals surface area (Å²) in [7, 11) is 0. The highest BCUT2D eigenvalue weighted by atomic mass is 16.4. The predicted octanol–water partition coefficient (Wildman–Crippen LogP) is 2.13. The molecule has 2 aliphatic heterocycles. The van der Waals surface area contributed by atoms with Gasteiger partial charge in [0.15, 0.2) is 5.58 Å². The smallest absolute Gasteiger partial charge is 0.408 e. The minimum atomic E-state index is -1.15. The summed E-state index contributed by atoms with van der Waals surface area (Å²) in [5.41, 5.74) is 10.2. The van der Waals surface area contributed by atoms with Crippen LogP contribution >= 0.6 is 0 Å². The van der Waals surface area contributed by atoms with Gasteiger partial charge in [-0.3, -0.25) is 15.6 Å². The van der Waals surface area contributed by atoms with Gasteiger partial charge in [-0.15, -0.1) is 0 Å². The molecule has 34 heavy (non-hydrogen) atoms. The number of piperazine rings is 1. The Morgan fingerprint density at radius 2 is 1.97 bits per heavy atom. The van der Waals surface area contributed by atoms with E-state index in [1.165, 1.54) is 0 Å². The zero-order valence-electron chi connectivity index (χ0n) is 19.6. The van der Waals surface area contributed by atoms with Crippen molar-refractivity contribution in [1.82, 2.24) is 20.2 Å². The summed E-state index contributed by atoms with van der Waals surface area (Å²) in [5.74, 6) is -0.0675. The Bertz CT molecular complexity index is 1300. The summed E-state index contributed by atoms with van der Waals surface area (Å²) in [4.78, 5) is 28.3. The molecule has 5 N–H and O–H groups in total. The third-order valence-corrected chi connectivity index (χ3v) is 6.41. The lowest BCUT2D eigenvalue weighted by molar-refractivity contribution is 0.209. The lowest BCUT2D eigenvalue weighted by Gasteiger charge is -2.37. The number of hydrogen-bond acceptors (Lipinski definition) is 9. The SMILES string of the molecule is CC1=CNC(N)(c2ccc(N3CCN(C(C)C)CC3)nc2)N=C1Nc1ccc2oc(=O)[nH]c2c1. The number of pyridine rings is 1. The van der Waals surface area contributed by atoms with Crippen LogP contribution in [0.5, 0.6) is 0 Å². The van der Waals surface area contributed by atoms with E-state index in [1.807, 2.05) is 31.3 Å². The Kier molecular flexibility index (Phi) is 5.62. The van der Waals surface area contributed by atoms with Gasteiger partial charge in [0.1, 0.15) is 11.7 Å². The van der Waals surface area contributed by atoms with E-state index in [4.69, 9.17) is 20.1 Å². The van der Waals surface area contributed by atoms with Gasteiger partial charge in [-0.25, -0.2) is 14.8 Å². The molecule has 2 aliphatic rings. The number of nitrogens with two attached hydrogens (primary N) is 1. The molecule has 1 saturated heterocycles. The maximum absolute atomic E-state index is 11.4. The van der Waals surface area contributed by atoms with Gasteiger partial charge in [0.2, 0.25) is 5.79 Å². The first-order chi connectivity index (χ1) is 16.3. The maximum atomic E-state index is 11.4. The molecule has 1 atom stereocenters. The van der Waals surface area contributed by atoms with Gasteiger partial charge in [-0.1, -0.05) is 0 Å². The van der Waals surface area contributed by atoms with Crippen LogP contribution in [0, 0.1) is 0 Å². The summed E-state index contributed by atoms with van der Waals surface area (Å²) in [6.07, 6.45) is 3.63. The van der Waals surface area contributed by atoms with E-state index in [0.29, 0.717) is 23.0 Å².